The van der Waals surface area contributed by atoms with E-state index in [0.29, 0.717) is 4.90 Å². The van der Waals surface area contributed by atoms with Gasteiger partial charge in [-0.1, -0.05) is 13.8 Å². The normalized spacial score (nSPS) is 20.7. The van der Waals surface area contributed by atoms with E-state index in [4.69, 9.17) is 0 Å². The number of hydrogen-bond acceptors (Lipinski definition) is 4. The summed E-state index contributed by atoms with van der Waals surface area (Å²) in [6, 6.07) is -0.353. The van der Waals surface area contributed by atoms with E-state index in [1.165, 1.54) is 0 Å². The largest absolute Gasteiger partial charge is 0.295 e. The zero-order valence-electron chi connectivity index (χ0n) is 13.0. The monoisotopic (exact) mass is 336 g/mol. The molecule has 3 rings (SSSR count). The highest BCUT2D eigenvalue weighted by atomic mass is 19.1. The number of nitrogens with zero attached hydrogens (tertiary/aromatic N) is 1. The number of halogens is 2. The summed E-state index contributed by atoms with van der Waals surface area (Å²) in [5.74, 6) is -5.80. The Morgan fingerprint density at radius 2 is 1.75 bits per heavy atom. The van der Waals surface area contributed by atoms with Gasteiger partial charge in [-0.2, -0.15) is 0 Å². The van der Waals surface area contributed by atoms with E-state index in [1.807, 2.05) is 5.32 Å². The highest BCUT2D eigenvalue weighted by Gasteiger charge is 2.48. The number of nitrogens with one attached hydrogen (secondary N) is 1. The molecule has 1 N–H and O–H groups in total. The van der Waals surface area contributed by atoms with Crippen LogP contribution < -0.4 is 5.32 Å². The smallest absolute Gasteiger partial charge is 0.265 e. The Kier molecular flexibility index (Phi) is 3.70. The van der Waals surface area contributed by atoms with Crippen LogP contribution in [0.15, 0.2) is 6.07 Å². The molecule has 8 heteroatoms. The van der Waals surface area contributed by atoms with Crippen molar-refractivity contribution in [2.75, 3.05) is 0 Å². The average Bonchev–Trinajstić information content (AvgIpc) is 2.75. The fourth-order valence-electron chi connectivity index (χ4n) is 3.02. The van der Waals surface area contributed by atoms with Gasteiger partial charge in [-0.3, -0.25) is 29.4 Å². The van der Waals surface area contributed by atoms with Crippen molar-refractivity contribution >= 4 is 23.6 Å². The van der Waals surface area contributed by atoms with Crippen molar-refractivity contribution in [1.82, 2.24) is 10.2 Å². The number of carbonyl (C=O) groups is 4. The second kappa shape index (κ2) is 5.47. The summed E-state index contributed by atoms with van der Waals surface area (Å²) >= 11 is 0. The summed E-state index contributed by atoms with van der Waals surface area (Å²) in [5.41, 5.74) is -1.32. The minimum atomic E-state index is -1.25. The van der Waals surface area contributed by atoms with Crippen molar-refractivity contribution in [3.8, 4) is 0 Å². The Hall–Kier alpha value is -2.64. The summed E-state index contributed by atoms with van der Waals surface area (Å²) in [6.45, 7) is 3.26. The zero-order valence-corrected chi connectivity index (χ0v) is 13.0. The summed E-state index contributed by atoms with van der Waals surface area (Å²) in [4.78, 5) is 48.6. The molecule has 1 fully saturated rings. The van der Waals surface area contributed by atoms with Crippen LogP contribution in [0.25, 0.3) is 0 Å². The highest BCUT2D eigenvalue weighted by molar-refractivity contribution is 6.23. The lowest BCUT2D eigenvalue weighted by Gasteiger charge is -2.27. The van der Waals surface area contributed by atoms with Gasteiger partial charge in [-0.25, -0.2) is 8.78 Å². The van der Waals surface area contributed by atoms with E-state index in [1.54, 1.807) is 13.8 Å². The predicted octanol–water partition coefficient (Wildman–Crippen LogP) is 1.49. The van der Waals surface area contributed by atoms with Gasteiger partial charge in [0, 0.05) is 6.42 Å². The molecule has 126 valence electrons. The van der Waals surface area contributed by atoms with Crippen LogP contribution in [0.1, 0.15) is 58.9 Å². The molecule has 0 spiro atoms. The minimum absolute atomic E-state index is 0.0162. The van der Waals surface area contributed by atoms with Crippen LogP contribution in [0.2, 0.25) is 0 Å². The second-order valence-corrected chi connectivity index (χ2v) is 6.11. The van der Waals surface area contributed by atoms with Crippen molar-refractivity contribution in [3.05, 3.63) is 34.4 Å². The van der Waals surface area contributed by atoms with Crippen LogP contribution in [0.4, 0.5) is 8.78 Å². The summed E-state index contributed by atoms with van der Waals surface area (Å²) in [7, 11) is 0. The number of amides is 4. The van der Waals surface area contributed by atoms with Crippen LogP contribution in [-0.4, -0.2) is 34.6 Å². The molecule has 0 aromatic heterocycles. The lowest BCUT2D eigenvalue weighted by atomic mass is 9.96. The number of carbonyl (C=O) groups excluding carboxylic acids is 4. The maximum absolute atomic E-state index is 14.6. The molecule has 1 aromatic rings. The van der Waals surface area contributed by atoms with Crippen molar-refractivity contribution < 1.29 is 28.0 Å². The molecule has 6 nitrogen and oxygen atoms in total. The number of hydrogen-bond donors (Lipinski definition) is 1. The molecular formula is C16H14F2N2O4. The number of imide groups is 2. The fourth-order valence-corrected chi connectivity index (χ4v) is 3.02. The van der Waals surface area contributed by atoms with E-state index >= 15 is 0 Å². The molecule has 2 aliphatic heterocycles. The van der Waals surface area contributed by atoms with Crippen LogP contribution in [0, 0.1) is 11.6 Å². The Labute approximate surface area is 135 Å². The maximum Gasteiger partial charge on any atom is 0.265 e. The predicted molar refractivity (Wildman–Crippen MR) is 77.1 cm³/mol. The molecule has 4 amide bonds. The van der Waals surface area contributed by atoms with E-state index in [2.05, 4.69) is 0 Å². The summed E-state index contributed by atoms with van der Waals surface area (Å²) in [5, 5.41) is 2.02. The minimum Gasteiger partial charge on any atom is -0.295 e. The molecule has 1 aromatic carbocycles. The van der Waals surface area contributed by atoms with E-state index < -0.39 is 58.3 Å². The van der Waals surface area contributed by atoms with E-state index in [9.17, 15) is 28.0 Å². The molecule has 0 bridgehead atoms. The third-order valence-electron chi connectivity index (χ3n) is 4.25. The number of piperidine rings is 1. The molecule has 0 unspecified atom stereocenters. The topological polar surface area (TPSA) is 83.6 Å². The first-order chi connectivity index (χ1) is 11.2. The van der Waals surface area contributed by atoms with Crippen LogP contribution in [0.5, 0.6) is 0 Å². The highest BCUT2D eigenvalue weighted by Crippen LogP contribution is 2.34. The number of benzene rings is 1. The van der Waals surface area contributed by atoms with Gasteiger partial charge >= 0.3 is 0 Å². The first-order valence-corrected chi connectivity index (χ1v) is 7.47. The fraction of sp³-hybridized carbons (Fsp3) is 0.375. The van der Waals surface area contributed by atoms with Gasteiger partial charge in [0.25, 0.3) is 11.8 Å². The van der Waals surface area contributed by atoms with E-state index in [-0.39, 0.29) is 18.4 Å². The Morgan fingerprint density at radius 1 is 1.12 bits per heavy atom. The van der Waals surface area contributed by atoms with Gasteiger partial charge in [0.1, 0.15) is 17.7 Å². The van der Waals surface area contributed by atoms with Crippen LogP contribution in [0.3, 0.4) is 0 Å². The molecule has 1 saturated heterocycles. The zero-order chi connectivity index (χ0) is 17.8. The number of rotatable bonds is 2. The molecule has 2 heterocycles. The molecule has 0 radical (unpaired) electrons. The second-order valence-electron chi connectivity index (χ2n) is 6.11. The standard InChI is InChI=1S/C16H14F2N2O4/c1-6(2)7-5-8(17)11-12(13(7)18)16(24)20(15(11)23)9-3-4-10(21)19-14(9)22/h5-6,9H,3-4H2,1-2H3,(H,19,21,22)/t9-/m0/s1. The van der Waals surface area contributed by atoms with Crippen molar-refractivity contribution in [3.63, 3.8) is 0 Å². The van der Waals surface area contributed by atoms with Gasteiger partial charge in [0.2, 0.25) is 11.8 Å². The van der Waals surface area contributed by atoms with Crippen molar-refractivity contribution in [1.29, 1.82) is 0 Å². The van der Waals surface area contributed by atoms with Crippen LogP contribution >= 0.6 is 0 Å². The van der Waals surface area contributed by atoms with Gasteiger partial charge in [-0.15, -0.1) is 0 Å². The first kappa shape index (κ1) is 16.2. The maximum atomic E-state index is 14.6. The van der Waals surface area contributed by atoms with Crippen LogP contribution in [-0.2, 0) is 9.59 Å². The van der Waals surface area contributed by atoms with E-state index in [0.717, 1.165) is 6.07 Å². The lowest BCUT2D eigenvalue weighted by molar-refractivity contribution is -0.136. The SMILES string of the molecule is CC(C)c1cc(F)c2c(c1F)C(=O)N([C@H]1CCC(=O)NC1=O)C2=O. The van der Waals surface area contributed by atoms with Gasteiger partial charge < -0.3 is 0 Å². The Morgan fingerprint density at radius 3 is 2.33 bits per heavy atom. The quantitative estimate of drug-likeness (QED) is 0.830. The summed E-state index contributed by atoms with van der Waals surface area (Å²) < 4.78 is 28.9. The molecule has 0 aliphatic carbocycles. The van der Waals surface area contributed by atoms with Gasteiger partial charge in [0.15, 0.2) is 0 Å². The lowest BCUT2D eigenvalue weighted by Crippen LogP contribution is -2.54. The van der Waals surface area contributed by atoms with Gasteiger partial charge in [0.05, 0.1) is 11.1 Å². The average molecular weight is 336 g/mol. The third kappa shape index (κ3) is 2.21. The van der Waals surface area contributed by atoms with Gasteiger partial charge in [-0.05, 0) is 24.0 Å². The molecule has 1 atom stereocenters. The molecular weight excluding hydrogens is 322 g/mol. The molecule has 2 aliphatic rings. The molecule has 0 saturated carbocycles. The Bertz CT molecular complexity index is 804. The number of fused-ring (bicyclic) bond motifs is 1. The van der Waals surface area contributed by atoms with Crippen molar-refractivity contribution in [2.45, 2.75) is 38.6 Å². The summed E-state index contributed by atoms with van der Waals surface area (Å²) in [6.07, 6.45) is -0.136. The van der Waals surface area contributed by atoms with Crippen molar-refractivity contribution in [2.24, 2.45) is 0 Å². The first-order valence-electron chi connectivity index (χ1n) is 7.47. The Balaban J connectivity index is 2.09. The third-order valence-corrected chi connectivity index (χ3v) is 4.25. The molecule has 24 heavy (non-hydrogen) atoms.